The molecule has 1 heterocycles. The molecule has 19 heavy (non-hydrogen) atoms. The molecule has 0 aromatic rings. The Morgan fingerprint density at radius 2 is 2.16 bits per heavy atom. The van der Waals surface area contributed by atoms with Crippen LogP contribution in [0.2, 0.25) is 0 Å². The third-order valence-electron chi connectivity index (χ3n) is 5.08. The molecule has 4 heteroatoms. The van der Waals surface area contributed by atoms with Crippen LogP contribution in [0.15, 0.2) is 0 Å². The van der Waals surface area contributed by atoms with Crippen LogP contribution in [0.5, 0.6) is 0 Å². The average Bonchev–Trinajstić information content (AvgIpc) is 2.93. The number of carbonyl (C=O) groups excluding carboxylic acids is 1. The maximum atomic E-state index is 12.3. The van der Waals surface area contributed by atoms with Crippen LogP contribution in [0.1, 0.15) is 46.0 Å². The van der Waals surface area contributed by atoms with Crippen molar-refractivity contribution >= 4 is 5.97 Å². The van der Waals surface area contributed by atoms with Gasteiger partial charge in [0.05, 0.1) is 13.2 Å². The second kappa shape index (κ2) is 6.23. The zero-order valence-electron chi connectivity index (χ0n) is 12.4. The summed E-state index contributed by atoms with van der Waals surface area (Å²) in [5.41, 5.74) is -0.516. The van der Waals surface area contributed by atoms with Gasteiger partial charge in [-0.25, -0.2) is 0 Å². The molecule has 0 aromatic heterocycles. The number of hydrogen-bond acceptors (Lipinski definition) is 4. The third kappa shape index (κ3) is 2.95. The van der Waals surface area contributed by atoms with E-state index in [1.54, 1.807) is 0 Å². The first-order valence-corrected chi connectivity index (χ1v) is 7.55. The summed E-state index contributed by atoms with van der Waals surface area (Å²) in [7, 11) is 1.49. The first-order chi connectivity index (χ1) is 9.10. The van der Waals surface area contributed by atoms with Crippen molar-refractivity contribution in [2.45, 2.75) is 57.6 Å². The Hall–Kier alpha value is -0.610. The predicted octanol–water partition coefficient (Wildman–Crippen LogP) is 2.12. The van der Waals surface area contributed by atoms with Gasteiger partial charge < -0.3 is 9.47 Å². The normalized spacial score (nSPS) is 39.2. The molecule has 4 nitrogen and oxygen atoms in total. The summed E-state index contributed by atoms with van der Waals surface area (Å²) in [5, 5.41) is 3.51. The first-order valence-electron chi connectivity index (χ1n) is 7.55. The van der Waals surface area contributed by atoms with Gasteiger partial charge in [0, 0.05) is 13.2 Å². The van der Waals surface area contributed by atoms with E-state index in [0.29, 0.717) is 11.8 Å². The van der Waals surface area contributed by atoms with Crippen molar-refractivity contribution in [3.8, 4) is 0 Å². The van der Waals surface area contributed by atoms with E-state index in [-0.39, 0.29) is 12.1 Å². The summed E-state index contributed by atoms with van der Waals surface area (Å²) in [4.78, 5) is 12.3. The van der Waals surface area contributed by atoms with Crippen molar-refractivity contribution in [2.75, 3.05) is 20.3 Å². The summed E-state index contributed by atoms with van der Waals surface area (Å²) in [5.74, 6) is 0.740. The van der Waals surface area contributed by atoms with Crippen LogP contribution in [0.25, 0.3) is 0 Å². The van der Waals surface area contributed by atoms with Gasteiger partial charge in [0.15, 0.2) is 0 Å². The van der Waals surface area contributed by atoms with Gasteiger partial charge >= 0.3 is 5.97 Å². The van der Waals surface area contributed by atoms with Crippen molar-refractivity contribution < 1.29 is 14.3 Å². The minimum atomic E-state index is -0.516. The Bertz CT molecular complexity index is 315. The lowest BCUT2D eigenvalue weighted by Gasteiger charge is -2.44. The van der Waals surface area contributed by atoms with Crippen molar-refractivity contribution in [1.82, 2.24) is 5.32 Å². The van der Waals surface area contributed by atoms with E-state index in [1.807, 2.05) is 0 Å². The largest absolute Gasteiger partial charge is 0.468 e. The molecule has 0 bridgehead atoms. The van der Waals surface area contributed by atoms with Gasteiger partial charge in [-0.15, -0.1) is 0 Å². The van der Waals surface area contributed by atoms with Crippen LogP contribution in [0.3, 0.4) is 0 Å². The minimum absolute atomic E-state index is 0.107. The molecule has 0 amide bonds. The molecular weight excluding hydrogens is 242 g/mol. The quantitative estimate of drug-likeness (QED) is 0.794. The number of carbonyl (C=O) groups is 1. The zero-order valence-corrected chi connectivity index (χ0v) is 12.4. The van der Waals surface area contributed by atoms with Gasteiger partial charge in [-0.1, -0.05) is 26.7 Å². The van der Waals surface area contributed by atoms with E-state index in [2.05, 4.69) is 19.2 Å². The summed E-state index contributed by atoms with van der Waals surface area (Å²) < 4.78 is 10.7. The molecule has 1 saturated heterocycles. The number of esters is 1. The Morgan fingerprint density at radius 3 is 2.79 bits per heavy atom. The molecule has 1 aliphatic heterocycles. The molecular formula is C15H27NO3. The maximum Gasteiger partial charge on any atom is 0.326 e. The maximum absolute atomic E-state index is 12.3. The molecule has 0 aromatic carbocycles. The van der Waals surface area contributed by atoms with Crippen LogP contribution in [-0.2, 0) is 14.3 Å². The monoisotopic (exact) mass is 269 g/mol. The van der Waals surface area contributed by atoms with E-state index in [0.717, 1.165) is 38.8 Å². The molecule has 1 aliphatic carbocycles. The Kier molecular flexibility index (Phi) is 4.85. The highest BCUT2D eigenvalue weighted by atomic mass is 16.5. The van der Waals surface area contributed by atoms with Crippen molar-refractivity contribution in [1.29, 1.82) is 0 Å². The number of rotatable bonds is 4. The smallest absolute Gasteiger partial charge is 0.326 e. The van der Waals surface area contributed by atoms with E-state index >= 15 is 0 Å². The van der Waals surface area contributed by atoms with Crippen molar-refractivity contribution in [3.05, 3.63) is 0 Å². The molecule has 4 atom stereocenters. The highest BCUT2D eigenvalue weighted by Crippen LogP contribution is 2.38. The van der Waals surface area contributed by atoms with Gasteiger partial charge in [0.25, 0.3) is 0 Å². The number of hydrogen-bond donors (Lipinski definition) is 1. The lowest BCUT2D eigenvalue weighted by atomic mass is 9.68. The Labute approximate surface area is 116 Å². The van der Waals surface area contributed by atoms with Gasteiger partial charge in [-0.05, 0) is 31.1 Å². The van der Waals surface area contributed by atoms with Crippen molar-refractivity contribution in [2.24, 2.45) is 11.8 Å². The molecule has 4 unspecified atom stereocenters. The fourth-order valence-electron chi connectivity index (χ4n) is 3.56. The predicted molar refractivity (Wildman–Crippen MR) is 73.9 cm³/mol. The molecule has 1 saturated carbocycles. The molecule has 2 fully saturated rings. The molecule has 2 rings (SSSR count). The lowest BCUT2D eigenvalue weighted by Crippen LogP contribution is -2.61. The second-order valence-corrected chi connectivity index (χ2v) is 6.14. The number of ether oxygens (including phenoxy) is 2. The number of nitrogens with one attached hydrogen (secondary N) is 1. The van der Waals surface area contributed by atoms with E-state index < -0.39 is 5.54 Å². The van der Waals surface area contributed by atoms with E-state index in [4.69, 9.17) is 9.47 Å². The molecule has 0 radical (unpaired) electrons. The third-order valence-corrected chi connectivity index (χ3v) is 5.08. The SMILES string of the molecule is COC(=O)C1(NCC2CCCO2)CCCC(C)C1C. The van der Waals surface area contributed by atoms with Crippen LogP contribution < -0.4 is 5.32 Å². The summed E-state index contributed by atoms with van der Waals surface area (Å²) in [6, 6.07) is 0. The summed E-state index contributed by atoms with van der Waals surface area (Å²) in [6.07, 6.45) is 5.63. The van der Waals surface area contributed by atoms with Crippen LogP contribution in [-0.4, -0.2) is 37.9 Å². The highest BCUT2D eigenvalue weighted by Gasteiger charge is 2.48. The summed E-state index contributed by atoms with van der Waals surface area (Å²) >= 11 is 0. The van der Waals surface area contributed by atoms with Crippen LogP contribution in [0, 0.1) is 11.8 Å². The fourth-order valence-corrected chi connectivity index (χ4v) is 3.56. The molecule has 0 spiro atoms. The first kappa shape index (κ1) is 14.8. The Morgan fingerprint density at radius 1 is 1.37 bits per heavy atom. The lowest BCUT2D eigenvalue weighted by molar-refractivity contribution is -0.154. The zero-order chi connectivity index (χ0) is 13.9. The van der Waals surface area contributed by atoms with Gasteiger partial charge in [0.1, 0.15) is 5.54 Å². The molecule has 1 N–H and O–H groups in total. The average molecular weight is 269 g/mol. The van der Waals surface area contributed by atoms with Gasteiger partial charge in [0.2, 0.25) is 0 Å². The topological polar surface area (TPSA) is 47.6 Å². The van der Waals surface area contributed by atoms with Gasteiger partial charge in [-0.2, -0.15) is 0 Å². The highest BCUT2D eigenvalue weighted by molar-refractivity contribution is 5.81. The standard InChI is InChI=1S/C15H27NO3/c1-11-6-4-8-15(12(11)2,14(17)18-3)16-10-13-7-5-9-19-13/h11-13,16H,4-10H2,1-3H3. The molecule has 110 valence electrons. The molecule has 2 aliphatic rings. The van der Waals surface area contributed by atoms with Crippen LogP contribution in [0.4, 0.5) is 0 Å². The van der Waals surface area contributed by atoms with Crippen LogP contribution >= 0.6 is 0 Å². The second-order valence-electron chi connectivity index (χ2n) is 6.14. The van der Waals surface area contributed by atoms with E-state index in [1.165, 1.54) is 13.5 Å². The van der Waals surface area contributed by atoms with E-state index in [9.17, 15) is 4.79 Å². The van der Waals surface area contributed by atoms with Gasteiger partial charge in [-0.3, -0.25) is 10.1 Å². The van der Waals surface area contributed by atoms with Crippen molar-refractivity contribution in [3.63, 3.8) is 0 Å². The summed E-state index contributed by atoms with van der Waals surface area (Å²) in [6.45, 7) is 6.01. The fraction of sp³-hybridized carbons (Fsp3) is 0.933. The minimum Gasteiger partial charge on any atom is -0.468 e. The number of methoxy groups -OCH3 is 1. The Balaban J connectivity index is 2.07.